The van der Waals surface area contributed by atoms with E-state index >= 15 is 0 Å². The standard InChI is InChI=1S/C62H111O11P/c1-4-7-10-13-16-19-22-25-27-28-29-30-32-35-38-41-44-47-50-53-62(66)73-59(55-69-60(64)51-48-45-42-39-36-33-24-21-18-15-12-9-6-3)57-71-74(67,68)70-56-58(54-63)72-61(65)52-49-46-43-40-37-34-31-26-23-20-17-14-11-8-5-2/h7,10,16,19,21,24-25,27,29-30,58-59,63H,4-6,8-9,11-15,17-18,20,22-23,26,28,31-57H2,1-3H3,(H,67,68)/b10-7-,19-16-,24-21-,27-25-,30-29-. The number of phosphoric ester groups is 1. The number of aliphatic hydroxyl groups excluding tert-OH is 1. The minimum absolute atomic E-state index is 0.150. The summed E-state index contributed by atoms with van der Waals surface area (Å²) in [5.74, 6) is -1.48. The maximum absolute atomic E-state index is 12.9. The van der Waals surface area contributed by atoms with Crippen LogP contribution in [0.5, 0.6) is 0 Å². The first-order chi connectivity index (χ1) is 36.2. The third-order valence-electron chi connectivity index (χ3n) is 12.9. The van der Waals surface area contributed by atoms with Crippen LogP contribution in [0.4, 0.5) is 0 Å². The van der Waals surface area contributed by atoms with Gasteiger partial charge in [0.1, 0.15) is 12.7 Å². The molecule has 0 bridgehead atoms. The Kier molecular flexibility index (Phi) is 54.2. The first-order valence-corrected chi connectivity index (χ1v) is 31.7. The summed E-state index contributed by atoms with van der Waals surface area (Å²) in [6.45, 7) is 4.53. The van der Waals surface area contributed by atoms with E-state index in [0.29, 0.717) is 19.3 Å². The Morgan fingerprint density at radius 3 is 1.11 bits per heavy atom. The van der Waals surface area contributed by atoms with Gasteiger partial charge in [-0.2, -0.15) is 0 Å². The zero-order valence-corrected chi connectivity index (χ0v) is 48.5. The molecule has 0 aromatic carbocycles. The highest BCUT2D eigenvalue weighted by Crippen LogP contribution is 2.43. The molecule has 0 spiro atoms. The Balaban J connectivity index is 4.71. The van der Waals surface area contributed by atoms with Crippen molar-refractivity contribution in [1.82, 2.24) is 0 Å². The summed E-state index contributed by atoms with van der Waals surface area (Å²) in [5.41, 5.74) is 0. The minimum Gasteiger partial charge on any atom is -0.462 e. The number of ether oxygens (including phenoxy) is 3. The highest BCUT2D eigenvalue weighted by molar-refractivity contribution is 7.47. The van der Waals surface area contributed by atoms with Gasteiger partial charge in [-0.3, -0.25) is 23.4 Å². The number of allylic oxidation sites excluding steroid dienone is 10. The molecule has 0 heterocycles. The van der Waals surface area contributed by atoms with Gasteiger partial charge in [0, 0.05) is 19.3 Å². The van der Waals surface area contributed by atoms with Crippen LogP contribution in [0.15, 0.2) is 60.8 Å². The van der Waals surface area contributed by atoms with E-state index in [1.807, 2.05) is 0 Å². The van der Waals surface area contributed by atoms with E-state index in [1.54, 1.807) is 0 Å². The predicted octanol–water partition coefficient (Wildman–Crippen LogP) is 17.9. The summed E-state index contributed by atoms with van der Waals surface area (Å²) >= 11 is 0. The molecule has 0 rings (SSSR count). The van der Waals surface area contributed by atoms with Gasteiger partial charge in [0.2, 0.25) is 0 Å². The number of unbranched alkanes of at least 4 members (excludes halogenated alkanes) is 29. The number of hydrogen-bond acceptors (Lipinski definition) is 10. The Hall–Kier alpha value is -2.82. The van der Waals surface area contributed by atoms with Crippen molar-refractivity contribution >= 4 is 25.7 Å². The van der Waals surface area contributed by atoms with Crippen molar-refractivity contribution in [2.45, 2.75) is 290 Å². The molecule has 0 saturated heterocycles. The molecule has 0 aromatic heterocycles. The Morgan fingerprint density at radius 2 is 0.703 bits per heavy atom. The van der Waals surface area contributed by atoms with Crippen LogP contribution in [0.1, 0.15) is 278 Å². The molecular weight excluding hydrogens is 952 g/mol. The average molecular weight is 1060 g/mol. The van der Waals surface area contributed by atoms with Crippen LogP contribution in [0, 0.1) is 0 Å². The molecular formula is C62H111O11P. The zero-order chi connectivity index (χ0) is 54.1. The number of rotatable bonds is 56. The van der Waals surface area contributed by atoms with Gasteiger partial charge in [-0.1, -0.05) is 236 Å². The maximum atomic E-state index is 12.9. The fourth-order valence-electron chi connectivity index (χ4n) is 8.34. The molecule has 0 aliphatic carbocycles. The molecule has 430 valence electrons. The fourth-order valence-corrected chi connectivity index (χ4v) is 9.13. The monoisotopic (exact) mass is 1060 g/mol. The van der Waals surface area contributed by atoms with E-state index < -0.39 is 57.8 Å². The number of phosphoric acid groups is 1. The molecule has 0 aliphatic heterocycles. The second-order valence-corrected chi connectivity index (χ2v) is 21.6. The maximum Gasteiger partial charge on any atom is 0.472 e. The molecule has 12 heteroatoms. The van der Waals surface area contributed by atoms with Gasteiger partial charge in [0.25, 0.3) is 0 Å². The number of hydrogen-bond donors (Lipinski definition) is 2. The topological polar surface area (TPSA) is 155 Å². The van der Waals surface area contributed by atoms with E-state index in [1.165, 1.54) is 96.3 Å². The summed E-state index contributed by atoms with van der Waals surface area (Å²) in [6, 6.07) is 0. The normalized spacial score (nSPS) is 13.7. The molecule has 0 aromatic rings. The van der Waals surface area contributed by atoms with E-state index in [0.717, 1.165) is 122 Å². The largest absolute Gasteiger partial charge is 0.472 e. The Labute approximate surface area is 453 Å². The second kappa shape index (κ2) is 56.4. The molecule has 0 amide bonds. The highest BCUT2D eigenvalue weighted by Gasteiger charge is 2.28. The molecule has 74 heavy (non-hydrogen) atoms. The van der Waals surface area contributed by atoms with Crippen molar-refractivity contribution in [3.05, 3.63) is 60.8 Å². The number of carbonyl (C=O) groups is 3. The van der Waals surface area contributed by atoms with Crippen LogP contribution in [-0.2, 0) is 42.2 Å². The smallest absolute Gasteiger partial charge is 0.462 e. The van der Waals surface area contributed by atoms with Gasteiger partial charge < -0.3 is 24.2 Å². The first kappa shape index (κ1) is 71.2. The molecule has 0 radical (unpaired) electrons. The molecule has 0 aliphatic rings. The number of aliphatic hydroxyl groups is 1. The summed E-state index contributed by atoms with van der Waals surface area (Å²) in [7, 11) is -4.75. The molecule has 3 unspecified atom stereocenters. The fraction of sp³-hybridized carbons (Fsp3) is 0.790. The van der Waals surface area contributed by atoms with Crippen LogP contribution in [0.3, 0.4) is 0 Å². The SMILES string of the molecule is CC/C=C\C/C=C\C/C=C\C/C=C\CCCCCCCCC(=O)OC(COC(=O)CCCCCCC/C=C\CCCCCC)COP(=O)(O)OCC(CO)OC(=O)CCCCCCCCCCCCCCCCC. The van der Waals surface area contributed by atoms with Crippen LogP contribution >= 0.6 is 7.82 Å². The van der Waals surface area contributed by atoms with E-state index in [-0.39, 0.29) is 25.9 Å². The summed E-state index contributed by atoms with van der Waals surface area (Å²) in [4.78, 5) is 48.6. The molecule has 3 atom stereocenters. The van der Waals surface area contributed by atoms with Crippen LogP contribution < -0.4 is 0 Å². The first-order valence-electron chi connectivity index (χ1n) is 30.2. The van der Waals surface area contributed by atoms with Gasteiger partial charge >= 0.3 is 25.7 Å². The molecule has 0 saturated carbocycles. The van der Waals surface area contributed by atoms with Crippen molar-refractivity contribution in [3.63, 3.8) is 0 Å². The lowest BCUT2D eigenvalue weighted by Gasteiger charge is -2.21. The second-order valence-electron chi connectivity index (χ2n) is 20.1. The average Bonchev–Trinajstić information content (AvgIpc) is 3.39. The minimum atomic E-state index is -4.75. The lowest BCUT2D eigenvalue weighted by Crippen LogP contribution is -2.30. The van der Waals surface area contributed by atoms with Gasteiger partial charge in [0.05, 0.1) is 19.8 Å². The van der Waals surface area contributed by atoms with Crippen molar-refractivity contribution in [2.24, 2.45) is 0 Å². The van der Waals surface area contributed by atoms with Gasteiger partial charge in [-0.25, -0.2) is 4.57 Å². The predicted molar refractivity (Wildman–Crippen MR) is 307 cm³/mol. The van der Waals surface area contributed by atoms with Crippen LogP contribution in [-0.4, -0.2) is 66.5 Å². The van der Waals surface area contributed by atoms with Gasteiger partial charge in [-0.15, -0.1) is 0 Å². The Morgan fingerprint density at radius 1 is 0.392 bits per heavy atom. The van der Waals surface area contributed by atoms with Gasteiger partial charge in [-0.05, 0) is 83.5 Å². The van der Waals surface area contributed by atoms with Crippen molar-refractivity contribution in [3.8, 4) is 0 Å². The van der Waals surface area contributed by atoms with E-state index in [2.05, 4.69) is 81.5 Å². The van der Waals surface area contributed by atoms with Crippen molar-refractivity contribution < 1.29 is 52.2 Å². The zero-order valence-electron chi connectivity index (χ0n) is 47.6. The van der Waals surface area contributed by atoms with Crippen LogP contribution in [0.2, 0.25) is 0 Å². The van der Waals surface area contributed by atoms with E-state index in [9.17, 15) is 28.9 Å². The molecule has 0 fully saturated rings. The molecule has 11 nitrogen and oxygen atoms in total. The summed E-state index contributed by atoms with van der Waals surface area (Å²) < 4.78 is 39.6. The van der Waals surface area contributed by atoms with Crippen LogP contribution in [0.25, 0.3) is 0 Å². The summed E-state index contributed by atoms with van der Waals surface area (Å²) in [5, 5.41) is 9.83. The molecule has 2 N–H and O–H groups in total. The van der Waals surface area contributed by atoms with Crippen molar-refractivity contribution in [1.29, 1.82) is 0 Å². The third-order valence-corrected chi connectivity index (χ3v) is 13.9. The number of carbonyl (C=O) groups excluding carboxylic acids is 3. The van der Waals surface area contributed by atoms with Gasteiger partial charge in [0.15, 0.2) is 6.10 Å². The number of esters is 3. The third kappa shape index (κ3) is 54.0. The van der Waals surface area contributed by atoms with E-state index in [4.69, 9.17) is 23.3 Å². The Bertz CT molecular complexity index is 1470. The lowest BCUT2D eigenvalue weighted by molar-refractivity contribution is -0.161. The lowest BCUT2D eigenvalue weighted by atomic mass is 10.0. The summed E-state index contributed by atoms with van der Waals surface area (Å²) in [6.07, 6.45) is 61.7. The quantitative estimate of drug-likeness (QED) is 0.0197. The highest BCUT2D eigenvalue weighted by atomic mass is 31.2. The van der Waals surface area contributed by atoms with Crippen molar-refractivity contribution in [2.75, 3.05) is 26.4 Å².